The number of rotatable bonds is 5. The van der Waals surface area contributed by atoms with E-state index in [4.69, 9.17) is 5.11 Å². The van der Waals surface area contributed by atoms with Crippen LogP contribution in [0.25, 0.3) is 11.5 Å². The molecule has 8 heteroatoms. The summed E-state index contributed by atoms with van der Waals surface area (Å²) in [5.41, 5.74) is 0.255. The van der Waals surface area contributed by atoms with Crippen molar-refractivity contribution in [3.8, 4) is 11.5 Å². The number of aromatic amines is 1. The van der Waals surface area contributed by atoms with Crippen LogP contribution in [0.3, 0.4) is 0 Å². The van der Waals surface area contributed by atoms with Crippen molar-refractivity contribution in [2.45, 2.75) is 19.9 Å². The molecule has 0 spiro atoms. The first-order valence-corrected chi connectivity index (χ1v) is 5.74. The number of carboxylic acid groups (broad SMARTS) is 1. The smallest absolute Gasteiger partial charge is 0.303 e. The second-order valence-electron chi connectivity index (χ2n) is 4.32. The Morgan fingerprint density at radius 2 is 2.32 bits per heavy atom. The Hall–Kier alpha value is -2.51. The number of nitrogens with one attached hydrogen (secondary N) is 1. The van der Waals surface area contributed by atoms with Gasteiger partial charge in [-0.3, -0.25) is 9.59 Å². The summed E-state index contributed by atoms with van der Waals surface area (Å²) < 4.78 is 1.48. The molecule has 0 aromatic carbocycles. The van der Waals surface area contributed by atoms with Gasteiger partial charge < -0.3 is 10.1 Å². The number of pyridine rings is 1. The lowest BCUT2D eigenvalue weighted by atomic mass is 10.1. The van der Waals surface area contributed by atoms with E-state index in [0.29, 0.717) is 18.1 Å². The molecule has 8 nitrogen and oxygen atoms in total. The van der Waals surface area contributed by atoms with Crippen LogP contribution in [-0.2, 0) is 11.3 Å². The molecule has 0 fully saturated rings. The maximum Gasteiger partial charge on any atom is 0.303 e. The average molecular weight is 263 g/mol. The number of hydrogen-bond acceptors (Lipinski definition) is 5. The zero-order valence-electron chi connectivity index (χ0n) is 10.3. The van der Waals surface area contributed by atoms with Crippen LogP contribution in [0.2, 0.25) is 0 Å². The minimum atomic E-state index is -0.866. The van der Waals surface area contributed by atoms with E-state index in [1.54, 1.807) is 19.1 Å². The first kappa shape index (κ1) is 12.9. The van der Waals surface area contributed by atoms with Crippen LogP contribution in [0.1, 0.15) is 13.3 Å². The fourth-order valence-corrected chi connectivity index (χ4v) is 1.76. The maximum absolute atomic E-state index is 11.3. The number of aliphatic carboxylic acids is 1. The van der Waals surface area contributed by atoms with Gasteiger partial charge in [0.15, 0.2) is 5.82 Å². The molecule has 0 aliphatic rings. The molecule has 0 radical (unpaired) electrons. The molecule has 0 amide bonds. The minimum absolute atomic E-state index is 0.0324. The molecule has 0 saturated carbocycles. The highest BCUT2D eigenvalue weighted by molar-refractivity contribution is 5.66. The molecule has 0 saturated heterocycles. The SMILES string of the molecule is CC(CC(=O)O)Cn1nnnc1-c1cccc(=O)[nH]1. The number of H-pyrrole nitrogens is 1. The van der Waals surface area contributed by atoms with Gasteiger partial charge in [-0.05, 0) is 22.4 Å². The molecular formula is C11H13N5O3. The molecule has 0 aliphatic carbocycles. The fourth-order valence-electron chi connectivity index (χ4n) is 1.76. The fraction of sp³-hybridized carbons (Fsp3) is 0.364. The van der Waals surface area contributed by atoms with E-state index < -0.39 is 5.97 Å². The van der Waals surface area contributed by atoms with E-state index in [1.165, 1.54) is 10.7 Å². The van der Waals surface area contributed by atoms with Crippen molar-refractivity contribution in [2.24, 2.45) is 5.92 Å². The maximum atomic E-state index is 11.3. The largest absolute Gasteiger partial charge is 0.481 e. The van der Waals surface area contributed by atoms with Gasteiger partial charge in [-0.25, -0.2) is 4.68 Å². The van der Waals surface area contributed by atoms with E-state index in [1.807, 2.05) is 0 Å². The Kier molecular flexibility index (Phi) is 3.69. The highest BCUT2D eigenvalue weighted by atomic mass is 16.4. The van der Waals surface area contributed by atoms with E-state index in [9.17, 15) is 9.59 Å². The molecule has 1 unspecified atom stereocenters. The highest BCUT2D eigenvalue weighted by Crippen LogP contribution is 2.13. The summed E-state index contributed by atoms with van der Waals surface area (Å²) >= 11 is 0. The van der Waals surface area contributed by atoms with E-state index in [-0.39, 0.29) is 17.9 Å². The monoisotopic (exact) mass is 263 g/mol. The Labute approximate surface area is 108 Å². The van der Waals surface area contributed by atoms with E-state index >= 15 is 0 Å². The number of aromatic nitrogens is 5. The van der Waals surface area contributed by atoms with Crippen LogP contribution in [0, 0.1) is 5.92 Å². The lowest BCUT2D eigenvalue weighted by Gasteiger charge is -2.09. The van der Waals surface area contributed by atoms with Gasteiger partial charge in [-0.15, -0.1) is 5.10 Å². The Balaban J connectivity index is 2.23. The van der Waals surface area contributed by atoms with Crippen molar-refractivity contribution >= 4 is 5.97 Å². The third kappa shape index (κ3) is 3.24. The molecule has 2 aromatic heterocycles. The van der Waals surface area contributed by atoms with Crippen LogP contribution >= 0.6 is 0 Å². The summed E-state index contributed by atoms with van der Waals surface area (Å²) in [7, 11) is 0. The van der Waals surface area contributed by atoms with Gasteiger partial charge in [-0.1, -0.05) is 13.0 Å². The van der Waals surface area contributed by atoms with Gasteiger partial charge in [0.1, 0.15) is 0 Å². The third-order valence-corrected chi connectivity index (χ3v) is 2.55. The van der Waals surface area contributed by atoms with Gasteiger partial charge >= 0.3 is 5.97 Å². The van der Waals surface area contributed by atoms with Crippen LogP contribution in [0.15, 0.2) is 23.0 Å². The van der Waals surface area contributed by atoms with Crippen molar-refractivity contribution in [2.75, 3.05) is 0 Å². The van der Waals surface area contributed by atoms with Gasteiger partial charge in [0.2, 0.25) is 5.56 Å². The van der Waals surface area contributed by atoms with Crippen molar-refractivity contribution in [1.29, 1.82) is 0 Å². The molecule has 2 heterocycles. The van der Waals surface area contributed by atoms with Crippen molar-refractivity contribution in [1.82, 2.24) is 25.2 Å². The zero-order valence-corrected chi connectivity index (χ0v) is 10.3. The third-order valence-electron chi connectivity index (χ3n) is 2.55. The molecule has 100 valence electrons. The summed E-state index contributed by atoms with van der Waals surface area (Å²) in [4.78, 5) is 24.5. The lowest BCUT2D eigenvalue weighted by Crippen LogP contribution is -2.15. The first-order chi connectivity index (χ1) is 9.06. The summed E-state index contributed by atoms with van der Waals surface area (Å²) in [5.74, 6) is -0.569. The van der Waals surface area contributed by atoms with Gasteiger partial charge in [0, 0.05) is 19.0 Å². The van der Waals surface area contributed by atoms with Crippen molar-refractivity contribution in [3.05, 3.63) is 28.6 Å². The van der Waals surface area contributed by atoms with Gasteiger partial charge in [0.05, 0.1) is 5.69 Å². The topological polar surface area (TPSA) is 114 Å². The predicted molar refractivity (Wildman–Crippen MR) is 65.3 cm³/mol. The van der Waals surface area contributed by atoms with E-state index in [0.717, 1.165) is 0 Å². The van der Waals surface area contributed by atoms with Crippen LogP contribution < -0.4 is 5.56 Å². The van der Waals surface area contributed by atoms with Gasteiger partial charge in [0.25, 0.3) is 0 Å². The van der Waals surface area contributed by atoms with E-state index in [2.05, 4.69) is 20.5 Å². The lowest BCUT2D eigenvalue weighted by molar-refractivity contribution is -0.138. The molecule has 2 N–H and O–H groups in total. The Morgan fingerprint density at radius 1 is 1.53 bits per heavy atom. The average Bonchev–Trinajstić information content (AvgIpc) is 2.75. The Bertz CT molecular complexity index is 633. The van der Waals surface area contributed by atoms with Gasteiger partial charge in [-0.2, -0.15) is 0 Å². The molecule has 0 bridgehead atoms. The standard InChI is InChI=1S/C11H13N5O3/c1-7(5-10(18)19)6-16-11(13-14-15-16)8-3-2-4-9(17)12-8/h2-4,7H,5-6H2,1H3,(H,12,17)(H,18,19). The van der Waals surface area contributed by atoms with Crippen molar-refractivity contribution < 1.29 is 9.90 Å². The number of tetrazole rings is 1. The van der Waals surface area contributed by atoms with Crippen LogP contribution in [-0.4, -0.2) is 36.3 Å². The molecule has 2 rings (SSSR count). The summed E-state index contributed by atoms with van der Waals surface area (Å²) in [6.45, 7) is 2.17. The zero-order chi connectivity index (χ0) is 13.8. The second-order valence-corrected chi connectivity index (χ2v) is 4.32. The number of carboxylic acids is 1. The van der Waals surface area contributed by atoms with Crippen LogP contribution in [0.4, 0.5) is 0 Å². The number of nitrogens with zero attached hydrogens (tertiary/aromatic N) is 4. The highest BCUT2D eigenvalue weighted by Gasteiger charge is 2.14. The first-order valence-electron chi connectivity index (χ1n) is 5.74. The minimum Gasteiger partial charge on any atom is -0.481 e. The summed E-state index contributed by atoms with van der Waals surface area (Å²) in [6.07, 6.45) is 0.0324. The molecule has 2 aromatic rings. The summed E-state index contributed by atoms with van der Waals surface area (Å²) in [6, 6.07) is 4.68. The molecule has 0 aliphatic heterocycles. The van der Waals surface area contributed by atoms with Crippen LogP contribution in [0.5, 0.6) is 0 Å². The summed E-state index contributed by atoms with van der Waals surface area (Å²) in [5, 5.41) is 19.9. The second kappa shape index (κ2) is 5.42. The molecular weight excluding hydrogens is 250 g/mol. The molecule has 19 heavy (non-hydrogen) atoms. The Morgan fingerprint density at radius 3 is 3.00 bits per heavy atom. The molecule has 1 atom stereocenters. The quantitative estimate of drug-likeness (QED) is 0.793. The number of carbonyl (C=O) groups is 1. The van der Waals surface area contributed by atoms with Crippen molar-refractivity contribution in [3.63, 3.8) is 0 Å². The predicted octanol–water partition coefficient (Wildman–Crippen LogP) is 0.139. The number of hydrogen-bond donors (Lipinski definition) is 2. The normalized spacial score (nSPS) is 12.3.